The Balaban J connectivity index is 2.01. The Bertz CT molecular complexity index is 205. The van der Waals surface area contributed by atoms with E-state index in [2.05, 4.69) is 13.8 Å². The molecular formula is C14H26O. The van der Waals surface area contributed by atoms with Crippen molar-refractivity contribution in [3.8, 4) is 0 Å². The maximum atomic E-state index is 10.9. The first-order valence-electron chi connectivity index (χ1n) is 6.89. The van der Waals surface area contributed by atoms with E-state index in [1.807, 2.05) is 0 Å². The minimum atomic E-state index is -0.283. The molecule has 2 atom stereocenters. The molecule has 0 spiro atoms. The van der Waals surface area contributed by atoms with E-state index in [4.69, 9.17) is 0 Å². The van der Waals surface area contributed by atoms with Crippen molar-refractivity contribution < 1.29 is 5.11 Å². The fraction of sp³-hybridized carbons (Fsp3) is 1.00. The second-order valence-electron chi connectivity index (χ2n) is 5.95. The van der Waals surface area contributed by atoms with Crippen molar-refractivity contribution in [3.05, 3.63) is 0 Å². The summed E-state index contributed by atoms with van der Waals surface area (Å²) in [6.45, 7) is 4.60. The zero-order valence-electron chi connectivity index (χ0n) is 10.3. The number of hydrogen-bond acceptors (Lipinski definition) is 1. The first kappa shape index (κ1) is 11.4. The van der Waals surface area contributed by atoms with E-state index in [1.54, 1.807) is 0 Å². The summed E-state index contributed by atoms with van der Waals surface area (Å²) in [5.41, 5.74) is -0.283. The van der Waals surface area contributed by atoms with Crippen LogP contribution in [0.4, 0.5) is 0 Å². The average Bonchev–Trinajstić information content (AvgIpc) is 2.61. The lowest BCUT2D eigenvalue weighted by atomic mass is 9.69. The molecule has 15 heavy (non-hydrogen) atoms. The SMILES string of the molecule is CCC1CCCC1(O)C1CCC(C)CC1. The number of rotatable bonds is 2. The Kier molecular flexibility index (Phi) is 3.39. The molecule has 0 aromatic carbocycles. The monoisotopic (exact) mass is 210 g/mol. The molecule has 2 aliphatic carbocycles. The summed E-state index contributed by atoms with van der Waals surface area (Å²) in [5, 5.41) is 10.9. The molecule has 2 aliphatic rings. The van der Waals surface area contributed by atoms with E-state index in [-0.39, 0.29) is 5.60 Å². The third kappa shape index (κ3) is 2.08. The molecule has 0 bridgehead atoms. The normalized spacial score (nSPS) is 47.0. The highest BCUT2D eigenvalue weighted by Gasteiger charge is 2.46. The molecular weight excluding hydrogens is 184 g/mol. The van der Waals surface area contributed by atoms with Gasteiger partial charge in [0.05, 0.1) is 5.60 Å². The fourth-order valence-electron chi connectivity index (χ4n) is 3.94. The summed E-state index contributed by atoms with van der Waals surface area (Å²) in [7, 11) is 0. The molecule has 0 saturated heterocycles. The van der Waals surface area contributed by atoms with Gasteiger partial charge in [-0.3, -0.25) is 0 Å². The third-order valence-electron chi connectivity index (χ3n) is 5.05. The van der Waals surface area contributed by atoms with Crippen LogP contribution in [0.1, 0.15) is 65.2 Å². The minimum Gasteiger partial charge on any atom is -0.389 e. The van der Waals surface area contributed by atoms with Crippen molar-refractivity contribution in [2.75, 3.05) is 0 Å². The topological polar surface area (TPSA) is 20.2 Å². The molecule has 88 valence electrons. The molecule has 1 nitrogen and oxygen atoms in total. The second-order valence-corrected chi connectivity index (χ2v) is 5.95. The van der Waals surface area contributed by atoms with Crippen LogP contribution in [0, 0.1) is 17.8 Å². The largest absolute Gasteiger partial charge is 0.389 e. The van der Waals surface area contributed by atoms with Crippen LogP contribution in [-0.2, 0) is 0 Å². The Morgan fingerprint density at radius 3 is 2.40 bits per heavy atom. The van der Waals surface area contributed by atoms with Gasteiger partial charge in [0.25, 0.3) is 0 Å². The van der Waals surface area contributed by atoms with Crippen LogP contribution in [0.25, 0.3) is 0 Å². The standard InChI is InChI=1S/C14H26O/c1-3-12-5-4-10-14(12,15)13-8-6-11(2)7-9-13/h11-13,15H,3-10H2,1-2H3. The Morgan fingerprint density at radius 2 is 1.80 bits per heavy atom. The highest BCUT2D eigenvalue weighted by molar-refractivity contribution is 4.97. The van der Waals surface area contributed by atoms with Gasteiger partial charge in [-0.1, -0.05) is 39.5 Å². The molecule has 0 radical (unpaired) electrons. The first-order valence-corrected chi connectivity index (χ1v) is 6.89. The zero-order chi connectivity index (χ0) is 10.9. The van der Waals surface area contributed by atoms with Gasteiger partial charge in [0.15, 0.2) is 0 Å². The van der Waals surface area contributed by atoms with Gasteiger partial charge in [0, 0.05) is 0 Å². The predicted molar refractivity (Wildman–Crippen MR) is 63.7 cm³/mol. The molecule has 0 heterocycles. The minimum absolute atomic E-state index is 0.283. The molecule has 0 aliphatic heterocycles. The van der Waals surface area contributed by atoms with Crippen LogP contribution >= 0.6 is 0 Å². The van der Waals surface area contributed by atoms with E-state index in [0.717, 1.165) is 12.3 Å². The summed E-state index contributed by atoms with van der Waals surface area (Å²) in [5.74, 6) is 2.10. The van der Waals surface area contributed by atoms with Gasteiger partial charge in [-0.25, -0.2) is 0 Å². The van der Waals surface area contributed by atoms with Gasteiger partial charge >= 0.3 is 0 Å². The Hall–Kier alpha value is -0.0400. The van der Waals surface area contributed by atoms with Crippen molar-refractivity contribution in [1.82, 2.24) is 0 Å². The van der Waals surface area contributed by atoms with Gasteiger partial charge < -0.3 is 5.11 Å². The Labute approximate surface area is 94.3 Å². The average molecular weight is 210 g/mol. The summed E-state index contributed by atoms with van der Waals surface area (Å²) in [4.78, 5) is 0. The molecule has 2 rings (SSSR count). The van der Waals surface area contributed by atoms with Gasteiger partial charge in [0.2, 0.25) is 0 Å². The van der Waals surface area contributed by atoms with Crippen molar-refractivity contribution in [1.29, 1.82) is 0 Å². The second kappa shape index (κ2) is 4.45. The maximum absolute atomic E-state index is 10.9. The predicted octanol–water partition coefficient (Wildman–Crippen LogP) is 3.75. The first-order chi connectivity index (χ1) is 7.16. The van der Waals surface area contributed by atoms with Crippen LogP contribution in [0.5, 0.6) is 0 Å². The van der Waals surface area contributed by atoms with E-state index in [1.165, 1.54) is 44.9 Å². The quantitative estimate of drug-likeness (QED) is 0.736. The summed E-state index contributed by atoms with van der Waals surface area (Å²) >= 11 is 0. The highest BCUT2D eigenvalue weighted by atomic mass is 16.3. The summed E-state index contributed by atoms with van der Waals surface area (Å²) in [6, 6.07) is 0. The molecule has 1 N–H and O–H groups in total. The fourth-order valence-corrected chi connectivity index (χ4v) is 3.94. The van der Waals surface area contributed by atoms with Crippen LogP contribution < -0.4 is 0 Å². The van der Waals surface area contributed by atoms with Crippen molar-refractivity contribution in [2.24, 2.45) is 17.8 Å². The summed E-state index contributed by atoms with van der Waals surface area (Å²) in [6.07, 6.45) is 9.97. The molecule has 2 unspecified atom stereocenters. The maximum Gasteiger partial charge on any atom is 0.0703 e. The number of hydrogen-bond donors (Lipinski definition) is 1. The van der Waals surface area contributed by atoms with Gasteiger partial charge in [-0.2, -0.15) is 0 Å². The van der Waals surface area contributed by atoms with Gasteiger partial charge in [-0.15, -0.1) is 0 Å². The molecule has 0 aromatic rings. The molecule has 2 saturated carbocycles. The van der Waals surface area contributed by atoms with E-state index >= 15 is 0 Å². The van der Waals surface area contributed by atoms with Crippen LogP contribution in [-0.4, -0.2) is 10.7 Å². The number of aliphatic hydroxyl groups is 1. The van der Waals surface area contributed by atoms with E-state index in [9.17, 15) is 5.11 Å². The highest BCUT2D eigenvalue weighted by Crippen LogP contribution is 2.48. The smallest absolute Gasteiger partial charge is 0.0703 e. The summed E-state index contributed by atoms with van der Waals surface area (Å²) < 4.78 is 0. The van der Waals surface area contributed by atoms with Crippen LogP contribution in [0.15, 0.2) is 0 Å². The Morgan fingerprint density at radius 1 is 1.13 bits per heavy atom. The van der Waals surface area contributed by atoms with Gasteiger partial charge in [0.1, 0.15) is 0 Å². The molecule has 1 heteroatoms. The third-order valence-corrected chi connectivity index (χ3v) is 5.05. The van der Waals surface area contributed by atoms with Crippen LogP contribution in [0.2, 0.25) is 0 Å². The lowest BCUT2D eigenvalue weighted by Crippen LogP contribution is -2.42. The molecule has 0 amide bonds. The van der Waals surface area contributed by atoms with Crippen LogP contribution in [0.3, 0.4) is 0 Å². The molecule has 2 fully saturated rings. The zero-order valence-corrected chi connectivity index (χ0v) is 10.3. The van der Waals surface area contributed by atoms with Crippen molar-refractivity contribution >= 4 is 0 Å². The van der Waals surface area contributed by atoms with Crippen molar-refractivity contribution in [2.45, 2.75) is 70.8 Å². The molecule has 0 aromatic heterocycles. The van der Waals surface area contributed by atoms with Crippen molar-refractivity contribution in [3.63, 3.8) is 0 Å². The lowest BCUT2D eigenvalue weighted by molar-refractivity contribution is -0.0684. The lowest BCUT2D eigenvalue weighted by Gasteiger charge is -2.41. The van der Waals surface area contributed by atoms with E-state index in [0.29, 0.717) is 11.8 Å². The van der Waals surface area contributed by atoms with Gasteiger partial charge in [-0.05, 0) is 43.4 Å². The van der Waals surface area contributed by atoms with E-state index < -0.39 is 0 Å².